The molecular weight excluding hydrogens is 292 g/mol. The number of halogens is 2. The van der Waals surface area contributed by atoms with Crippen molar-refractivity contribution in [1.82, 2.24) is 0 Å². The molecule has 0 spiro atoms. The molecule has 1 aromatic carbocycles. The zero-order chi connectivity index (χ0) is 9.30. The molecule has 0 saturated carbocycles. The first-order chi connectivity index (χ1) is 5.52. The molecule has 0 heterocycles. The van der Waals surface area contributed by atoms with Crippen LogP contribution in [0.5, 0.6) is 0 Å². The lowest BCUT2D eigenvalue weighted by molar-refractivity contribution is -0.384. The quantitative estimate of drug-likeness (QED) is 0.492. The van der Waals surface area contributed by atoms with Gasteiger partial charge in [0.05, 0.1) is 4.92 Å². The third kappa shape index (κ3) is 1.75. The van der Waals surface area contributed by atoms with E-state index in [1.807, 2.05) is 0 Å². The SMILES string of the molecule is Nc1c(Br)cc(Br)cc1[N+](=O)[O-]. The molecule has 0 atom stereocenters. The molecule has 0 bridgehead atoms. The maximum Gasteiger partial charge on any atom is 0.294 e. The summed E-state index contributed by atoms with van der Waals surface area (Å²) in [5.41, 5.74) is 5.48. The zero-order valence-corrected chi connectivity index (χ0v) is 8.92. The van der Waals surface area contributed by atoms with Crippen LogP contribution in [0, 0.1) is 10.1 Å². The lowest BCUT2D eigenvalue weighted by Gasteiger charge is -1.99. The Balaban J connectivity index is 3.37. The minimum atomic E-state index is -0.523. The molecule has 0 aromatic heterocycles. The second-order valence-electron chi connectivity index (χ2n) is 2.08. The number of nitrogens with two attached hydrogens (primary N) is 1. The van der Waals surface area contributed by atoms with E-state index in [9.17, 15) is 10.1 Å². The van der Waals surface area contributed by atoms with E-state index in [-0.39, 0.29) is 11.4 Å². The number of benzene rings is 1. The first-order valence-electron chi connectivity index (χ1n) is 2.91. The molecule has 1 aromatic rings. The third-order valence-electron chi connectivity index (χ3n) is 1.27. The van der Waals surface area contributed by atoms with Gasteiger partial charge in [-0.3, -0.25) is 10.1 Å². The van der Waals surface area contributed by atoms with Crippen molar-refractivity contribution in [2.45, 2.75) is 0 Å². The fourth-order valence-corrected chi connectivity index (χ4v) is 1.92. The Hall–Kier alpha value is -0.620. The highest BCUT2D eigenvalue weighted by Crippen LogP contribution is 2.32. The van der Waals surface area contributed by atoms with E-state index in [1.165, 1.54) is 6.07 Å². The van der Waals surface area contributed by atoms with Crippen LogP contribution in [0.1, 0.15) is 0 Å². The molecule has 2 N–H and O–H groups in total. The fourth-order valence-electron chi connectivity index (χ4n) is 0.722. The van der Waals surface area contributed by atoms with Crippen molar-refractivity contribution in [1.29, 1.82) is 0 Å². The van der Waals surface area contributed by atoms with E-state index >= 15 is 0 Å². The summed E-state index contributed by atoms with van der Waals surface area (Å²) in [6, 6.07) is 3.02. The van der Waals surface area contributed by atoms with Crippen LogP contribution < -0.4 is 5.73 Å². The molecule has 0 radical (unpaired) electrons. The number of nitrogen functional groups attached to an aromatic ring is 1. The smallest absolute Gasteiger partial charge is 0.294 e. The van der Waals surface area contributed by atoms with Crippen molar-refractivity contribution in [2.24, 2.45) is 0 Å². The maximum absolute atomic E-state index is 10.4. The van der Waals surface area contributed by atoms with Crippen LogP contribution in [0.15, 0.2) is 21.1 Å². The Morgan fingerprint density at radius 3 is 2.50 bits per heavy atom. The minimum Gasteiger partial charge on any atom is -0.392 e. The van der Waals surface area contributed by atoms with Crippen LogP contribution >= 0.6 is 31.9 Å². The molecule has 12 heavy (non-hydrogen) atoms. The van der Waals surface area contributed by atoms with Gasteiger partial charge in [0.1, 0.15) is 5.69 Å². The standard InChI is InChI=1S/C6H4Br2N2O2/c7-3-1-4(8)6(9)5(2-3)10(11)12/h1-2H,9H2. The summed E-state index contributed by atoms with van der Waals surface area (Å²) in [4.78, 5) is 9.89. The van der Waals surface area contributed by atoms with Gasteiger partial charge in [-0.2, -0.15) is 0 Å². The van der Waals surface area contributed by atoms with E-state index < -0.39 is 4.92 Å². The summed E-state index contributed by atoms with van der Waals surface area (Å²) in [5.74, 6) is 0. The van der Waals surface area contributed by atoms with E-state index in [4.69, 9.17) is 5.73 Å². The van der Waals surface area contributed by atoms with Crippen molar-refractivity contribution in [3.8, 4) is 0 Å². The monoisotopic (exact) mass is 294 g/mol. The van der Waals surface area contributed by atoms with Gasteiger partial charge in [-0.25, -0.2) is 0 Å². The lowest BCUT2D eigenvalue weighted by Crippen LogP contribution is -1.96. The second kappa shape index (κ2) is 3.40. The molecule has 0 aliphatic heterocycles. The van der Waals surface area contributed by atoms with Gasteiger partial charge in [-0.05, 0) is 22.0 Å². The summed E-state index contributed by atoms with van der Waals surface area (Å²) in [6.07, 6.45) is 0. The molecule has 0 amide bonds. The average Bonchev–Trinajstić information content (AvgIpc) is 1.96. The van der Waals surface area contributed by atoms with Gasteiger partial charge in [0.2, 0.25) is 0 Å². The van der Waals surface area contributed by atoms with Crippen molar-refractivity contribution >= 4 is 43.2 Å². The molecule has 64 valence electrons. The topological polar surface area (TPSA) is 69.2 Å². The highest BCUT2D eigenvalue weighted by Gasteiger charge is 2.14. The second-order valence-corrected chi connectivity index (χ2v) is 3.85. The van der Waals surface area contributed by atoms with Gasteiger partial charge in [0, 0.05) is 15.0 Å². The number of nitrogens with zero attached hydrogens (tertiary/aromatic N) is 1. The van der Waals surface area contributed by atoms with Gasteiger partial charge in [0.25, 0.3) is 5.69 Å². The number of nitro groups is 1. The summed E-state index contributed by atoms with van der Waals surface area (Å²) >= 11 is 6.23. The van der Waals surface area contributed by atoms with Crippen LogP contribution in [0.4, 0.5) is 11.4 Å². The molecular formula is C6H4Br2N2O2. The lowest BCUT2D eigenvalue weighted by atomic mass is 10.3. The van der Waals surface area contributed by atoms with Crippen LogP contribution in [-0.2, 0) is 0 Å². The molecule has 1 rings (SSSR count). The Bertz CT molecular complexity index is 341. The molecule has 0 saturated heterocycles. The maximum atomic E-state index is 10.4. The van der Waals surface area contributed by atoms with Crippen molar-refractivity contribution in [3.05, 3.63) is 31.2 Å². The Morgan fingerprint density at radius 1 is 1.42 bits per heavy atom. The van der Waals surface area contributed by atoms with Crippen LogP contribution in [0.25, 0.3) is 0 Å². The predicted molar refractivity (Wildman–Crippen MR) is 52.9 cm³/mol. The number of hydrogen-bond acceptors (Lipinski definition) is 3. The molecule has 0 aliphatic rings. The van der Waals surface area contributed by atoms with Crippen molar-refractivity contribution < 1.29 is 4.92 Å². The van der Waals surface area contributed by atoms with E-state index in [1.54, 1.807) is 6.07 Å². The fraction of sp³-hybridized carbons (Fsp3) is 0. The van der Waals surface area contributed by atoms with Crippen molar-refractivity contribution in [2.75, 3.05) is 5.73 Å². The summed E-state index contributed by atoms with van der Waals surface area (Å²) in [6.45, 7) is 0. The Kier molecular flexibility index (Phi) is 2.69. The molecule has 6 heteroatoms. The van der Waals surface area contributed by atoms with E-state index in [0.717, 1.165) is 0 Å². The normalized spacial score (nSPS) is 9.83. The minimum absolute atomic E-state index is 0.101. The van der Waals surface area contributed by atoms with Crippen LogP contribution in [0.2, 0.25) is 0 Å². The number of nitro benzene ring substituents is 1. The first kappa shape index (κ1) is 9.47. The molecule has 4 nitrogen and oxygen atoms in total. The highest BCUT2D eigenvalue weighted by atomic mass is 79.9. The zero-order valence-electron chi connectivity index (χ0n) is 5.75. The van der Waals surface area contributed by atoms with Gasteiger partial charge in [0.15, 0.2) is 0 Å². The number of hydrogen-bond donors (Lipinski definition) is 1. The highest BCUT2D eigenvalue weighted by molar-refractivity contribution is 9.11. The predicted octanol–water partition coefficient (Wildman–Crippen LogP) is 2.70. The van der Waals surface area contributed by atoms with E-state index in [0.29, 0.717) is 8.95 Å². The summed E-state index contributed by atoms with van der Waals surface area (Å²) in [5, 5.41) is 10.4. The van der Waals surface area contributed by atoms with E-state index in [2.05, 4.69) is 31.9 Å². The molecule has 0 fully saturated rings. The average molecular weight is 296 g/mol. The largest absolute Gasteiger partial charge is 0.392 e. The van der Waals surface area contributed by atoms with Crippen LogP contribution in [0.3, 0.4) is 0 Å². The molecule has 0 unspecified atom stereocenters. The molecule has 0 aliphatic carbocycles. The Labute approximate surface area is 85.2 Å². The summed E-state index contributed by atoms with van der Waals surface area (Å²) in [7, 11) is 0. The Morgan fingerprint density at radius 2 is 2.00 bits per heavy atom. The first-order valence-corrected chi connectivity index (χ1v) is 4.50. The third-order valence-corrected chi connectivity index (χ3v) is 2.38. The van der Waals surface area contributed by atoms with Gasteiger partial charge < -0.3 is 5.73 Å². The van der Waals surface area contributed by atoms with Crippen molar-refractivity contribution in [3.63, 3.8) is 0 Å². The van der Waals surface area contributed by atoms with Crippen LogP contribution in [-0.4, -0.2) is 4.92 Å². The van der Waals surface area contributed by atoms with Gasteiger partial charge >= 0.3 is 0 Å². The van der Waals surface area contributed by atoms with Gasteiger partial charge in [-0.15, -0.1) is 0 Å². The van der Waals surface area contributed by atoms with Gasteiger partial charge in [-0.1, -0.05) is 15.9 Å². The summed E-state index contributed by atoms with van der Waals surface area (Å²) < 4.78 is 1.14. The number of rotatable bonds is 1. The number of anilines is 1.